The smallest absolute Gasteiger partial charge is 0.338 e. The lowest BCUT2D eigenvalue weighted by Gasteiger charge is -2.26. The summed E-state index contributed by atoms with van der Waals surface area (Å²) in [5.74, 6) is 0.00499. The summed E-state index contributed by atoms with van der Waals surface area (Å²) in [6.07, 6.45) is 1.80. The van der Waals surface area contributed by atoms with Gasteiger partial charge < -0.3 is 14.0 Å². The molecule has 1 aliphatic rings. The highest BCUT2D eigenvalue weighted by Gasteiger charge is 2.35. The molecule has 11 heteroatoms. The third-order valence-electron chi connectivity index (χ3n) is 8.27. The van der Waals surface area contributed by atoms with Crippen LogP contribution in [0.2, 0.25) is 10.0 Å². The van der Waals surface area contributed by atoms with Gasteiger partial charge >= 0.3 is 5.97 Å². The first-order chi connectivity index (χ1) is 22.4. The molecule has 0 aliphatic carbocycles. The molecule has 0 N–H and O–H groups in total. The van der Waals surface area contributed by atoms with Crippen LogP contribution in [0.3, 0.4) is 0 Å². The van der Waals surface area contributed by atoms with Crippen molar-refractivity contribution in [3.8, 4) is 5.75 Å². The van der Waals surface area contributed by atoms with Crippen LogP contribution in [0.15, 0.2) is 80.1 Å². The highest BCUT2D eigenvalue weighted by Crippen LogP contribution is 2.38. The van der Waals surface area contributed by atoms with E-state index in [1.165, 1.54) is 18.4 Å². The lowest BCUT2D eigenvalue weighted by molar-refractivity contribution is -0.136. The summed E-state index contributed by atoms with van der Waals surface area (Å²) < 4.78 is 16.5. The van der Waals surface area contributed by atoms with Crippen molar-refractivity contribution < 1.29 is 14.3 Å². The van der Waals surface area contributed by atoms with Gasteiger partial charge in [0.1, 0.15) is 11.8 Å². The maximum Gasteiger partial charge on any atom is 0.338 e. The van der Waals surface area contributed by atoms with Gasteiger partial charge in [0.15, 0.2) is 4.80 Å². The molecule has 1 aliphatic heterocycles. The van der Waals surface area contributed by atoms with Gasteiger partial charge in [-0.25, -0.2) is 9.79 Å². The summed E-state index contributed by atoms with van der Waals surface area (Å²) in [6, 6.07) is 16.5. The molecule has 2 aromatic heterocycles. The Morgan fingerprint density at radius 2 is 1.87 bits per heavy atom. The average molecular weight is 754 g/mol. The van der Waals surface area contributed by atoms with E-state index >= 15 is 0 Å². The molecular formula is C36H32BrCl2N3O4S. The van der Waals surface area contributed by atoms with E-state index in [9.17, 15) is 9.59 Å². The number of carbonyl (C=O) groups is 1. The summed E-state index contributed by atoms with van der Waals surface area (Å²) in [5.41, 5.74) is 6.14. The van der Waals surface area contributed by atoms with Gasteiger partial charge in [-0.2, -0.15) is 0 Å². The zero-order valence-electron chi connectivity index (χ0n) is 26.7. The molecule has 0 bridgehead atoms. The predicted octanol–water partition coefficient (Wildman–Crippen LogP) is 7.88. The molecule has 6 rings (SSSR count). The first-order valence-electron chi connectivity index (χ1n) is 15.0. The van der Waals surface area contributed by atoms with Crippen LogP contribution in [-0.2, 0) is 16.1 Å². The first kappa shape index (κ1) is 33.3. The Morgan fingerprint density at radius 3 is 2.57 bits per heavy atom. The minimum Gasteiger partial charge on any atom is -0.491 e. The molecule has 3 heterocycles. The molecule has 1 atom stereocenters. The van der Waals surface area contributed by atoms with Crippen molar-refractivity contribution in [3.63, 3.8) is 0 Å². The van der Waals surface area contributed by atoms with E-state index in [1.54, 1.807) is 17.6 Å². The summed E-state index contributed by atoms with van der Waals surface area (Å²) in [7, 11) is 1.33. The third kappa shape index (κ3) is 6.10. The Bertz CT molecular complexity index is 2300. The van der Waals surface area contributed by atoms with Crippen LogP contribution in [0.4, 0.5) is 0 Å². The predicted molar refractivity (Wildman–Crippen MR) is 193 cm³/mol. The second kappa shape index (κ2) is 13.1. The Labute approximate surface area is 294 Å². The number of rotatable bonds is 7. The standard InChI is InChI=1S/C36H32BrCl2N3O4S/c1-18(2)46-29-13-11-23(37)14-27(29)33-31(35(44)45-6)20(4)40-36-42(33)34(43)30(47-36)16-26-21(5)41(32-19(3)8-7-9-25(26)32)17-22-10-12-24(38)15-28(22)39/h7-16,18,33H,17H2,1-6H3/b30-16-/t33-/m1/s1. The average Bonchev–Trinajstić information content (AvgIpc) is 3.47. The van der Waals surface area contributed by atoms with Crippen LogP contribution in [0, 0.1) is 13.8 Å². The second-order valence-electron chi connectivity index (χ2n) is 11.7. The number of nitrogens with zero attached hydrogens (tertiary/aromatic N) is 3. The lowest BCUT2D eigenvalue weighted by Crippen LogP contribution is -2.40. The van der Waals surface area contributed by atoms with Gasteiger partial charge in [0.25, 0.3) is 5.56 Å². The molecular weight excluding hydrogens is 721 g/mol. The van der Waals surface area contributed by atoms with E-state index in [2.05, 4.69) is 39.6 Å². The Hall–Kier alpha value is -3.63. The topological polar surface area (TPSA) is 74.8 Å². The Balaban J connectivity index is 1.60. The fourth-order valence-electron chi connectivity index (χ4n) is 6.15. The van der Waals surface area contributed by atoms with Gasteiger partial charge in [-0.15, -0.1) is 0 Å². The summed E-state index contributed by atoms with van der Waals surface area (Å²) in [4.78, 5) is 33.0. The van der Waals surface area contributed by atoms with Gasteiger partial charge in [0, 0.05) is 43.3 Å². The molecule has 47 heavy (non-hydrogen) atoms. The quantitative estimate of drug-likeness (QED) is 0.159. The highest BCUT2D eigenvalue weighted by molar-refractivity contribution is 9.10. The molecule has 0 unspecified atom stereocenters. The molecule has 3 aromatic carbocycles. The van der Waals surface area contributed by atoms with Crippen molar-refractivity contribution in [2.75, 3.05) is 7.11 Å². The maximum atomic E-state index is 14.5. The van der Waals surface area contributed by atoms with E-state index in [4.69, 9.17) is 37.7 Å². The zero-order chi connectivity index (χ0) is 33.7. The van der Waals surface area contributed by atoms with E-state index < -0.39 is 12.0 Å². The third-order valence-corrected chi connectivity index (χ3v) is 10.3. The van der Waals surface area contributed by atoms with Crippen molar-refractivity contribution in [2.45, 2.75) is 53.3 Å². The number of para-hydroxylation sites is 1. The largest absolute Gasteiger partial charge is 0.491 e. The number of ether oxygens (including phenoxy) is 2. The van der Waals surface area contributed by atoms with Crippen molar-refractivity contribution in [1.29, 1.82) is 0 Å². The number of thiazole rings is 1. The summed E-state index contributed by atoms with van der Waals surface area (Å²) in [6.45, 7) is 10.3. The maximum absolute atomic E-state index is 14.5. The van der Waals surface area contributed by atoms with Crippen molar-refractivity contribution in [1.82, 2.24) is 9.13 Å². The first-order valence-corrected chi connectivity index (χ1v) is 17.4. The molecule has 0 radical (unpaired) electrons. The fourth-order valence-corrected chi connectivity index (χ4v) is 8.03. The van der Waals surface area contributed by atoms with Gasteiger partial charge in [0.2, 0.25) is 0 Å². The summed E-state index contributed by atoms with van der Waals surface area (Å²) in [5, 5.41) is 2.18. The molecule has 0 saturated carbocycles. The van der Waals surface area contributed by atoms with Gasteiger partial charge in [0.05, 0.1) is 34.5 Å². The van der Waals surface area contributed by atoms with Crippen LogP contribution in [0.1, 0.15) is 54.8 Å². The molecule has 0 fully saturated rings. The lowest BCUT2D eigenvalue weighted by atomic mass is 9.95. The number of benzene rings is 3. The fraction of sp³-hybridized carbons (Fsp3) is 0.250. The number of fused-ring (bicyclic) bond motifs is 2. The van der Waals surface area contributed by atoms with Gasteiger partial charge in [-0.3, -0.25) is 9.36 Å². The number of halogens is 3. The monoisotopic (exact) mass is 751 g/mol. The van der Waals surface area contributed by atoms with Crippen LogP contribution in [0.25, 0.3) is 17.0 Å². The molecule has 0 spiro atoms. The minimum atomic E-state index is -0.816. The normalized spacial score (nSPS) is 14.9. The molecule has 242 valence electrons. The molecule has 0 saturated heterocycles. The van der Waals surface area contributed by atoms with Crippen LogP contribution in [0.5, 0.6) is 5.75 Å². The number of aromatic nitrogens is 2. The number of hydrogen-bond donors (Lipinski definition) is 0. The van der Waals surface area contributed by atoms with Crippen LogP contribution >= 0.6 is 50.5 Å². The summed E-state index contributed by atoms with van der Waals surface area (Å²) >= 11 is 17.6. The SMILES string of the molecule is COC(=O)C1=C(C)N=c2s/c(=C\c3c(C)n(Cc4ccc(Cl)cc4Cl)c4c(C)cccc34)c(=O)n2[C@@H]1c1cc(Br)ccc1OC(C)C. The number of carbonyl (C=O) groups excluding carboxylic acids is 1. The molecule has 7 nitrogen and oxygen atoms in total. The minimum absolute atomic E-state index is 0.135. The molecule has 0 amide bonds. The molecule has 5 aromatic rings. The Morgan fingerprint density at radius 1 is 1.11 bits per heavy atom. The number of esters is 1. The van der Waals surface area contributed by atoms with E-state index in [0.29, 0.717) is 42.9 Å². The van der Waals surface area contributed by atoms with Gasteiger partial charge in [-0.1, -0.05) is 74.7 Å². The zero-order valence-corrected chi connectivity index (χ0v) is 30.6. The van der Waals surface area contributed by atoms with E-state index in [-0.39, 0.29) is 17.2 Å². The highest BCUT2D eigenvalue weighted by atomic mass is 79.9. The van der Waals surface area contributed by atoms with Crippen molar-refractivity contribution >= 4 is 73.4 Å². The van der Waals surface area contributed by atoms with E-state index in [0.717, 1.165) is 37.8 Å². The Kier molecular flexibility index (Phi) is 9.28. The number of hydrogen-bond acceptors (Lipinski definition) is 6. The number of allylic oxidation sites excluding steroid dienone is 1. The van der Waals surface area contributed by atoms with Crippen molar-refractivity contribution in [2.24, 2.45) is 4.99 Å². The van der Waals surface area contributed by atoms with Crippen LogP contribution < -0.4 is 19.6 Å². The van der Waals surface area contributed by atoms with Crippen LogP contribution in [-0.4, -0.2) is 28.3 Å². The number of methoxy groups -OCH3 is 1. The van der Waals surface area contributed by atoms with Gasteiger partial charge in [-0.05, 0) is 82.2 Å². The number of aryl methyl sites for hydroxylation is 1. The van der Waals surface area contributed by atoms with Crippen molar-refractivity contribution in [3.05, 3.63) is 128 Å². The second-order valence-corrected chi connectivity index (χ2v) is 14.5. The van der Waals surface area contributed by atoms with E-state index in [1.807, 2.05) is 63.2 Å².